The van der Waals surface area contributed by atoms with Gasteiger partial charge in [0.1, 0.15) is 5.69 Å². The molecule has 3 heterocycles. The van der Waals surface area contributed by atoms with Crippen molar-refractivity contribution in [2.75, 3.05) is 37.7 Å². The zero-order valence-electron chi connectivity index (χ0n) is 24.1. The predicted molar refractivity (Wildman–Crippen MR) is 165 cm³/mol. The average molecular weight is 552 g/mol. The quantitative estimate of drug-likeness (QED) is 0.255. The third kappa shape index (κ3) is 6.41. The van der Waals surface area contributed by atoms with Crippen LogP contribution in [-0.2, 0) is 6.54 Å². The zero-order chi connectivity index (χ0) is 28.0. The highest BCUT2D eigenvalue weighted by Gasteiger charge is 2.24. The number of para-hydroxylation sites is 1. The van der Waals surface area contributed by atoms with E-state index in [0.29, 0.717) is 18.3 Å². The number of benzene rings is 2. The zero-order valence-corrected chi connectivity index (χ0v) is 24.1. The molecule has 0 atom stereocenters. The molecule has 0 spiro atoms. The van der Waals surface area contributed by atoms with Gasteiger partial charge < -0.3 is 14.2 Å². The Labute approximate surface area is 243 Å². The topological polar surface area (TPSA) is 55.5 Å². The van der Waals surface area contributed by atoms with Gasteiger partial charge >= 0.3 is 5.56 Å². The molecule has 41 heavy (non-hydrogen) atoms. The summed E-state index contributed by atoms with van der Waals surface area (Å²) in [6, 6.07) is 22.6. The first kappa shape index (κ1) is 27.3. The van der Waals surface area contributed by atoms with Crippen molar-refractivity contribution in [2.45, 2.75) is 52.0 Å². The number of aromatic nitrogens is 3. The Hall–Kier alpha value is -3.84. The highest BCUT2D eigenvalue weighted by Crippen LogP contribution is 2.29. The van der Waals surface area contributed by atoms with Gasteiger partial charge in [0.05, 0.1) is 18.5 Å². The largest absolute Gasteiger partial charge is 0.486 e. The SMILES string of the molecule is Cc1ccc(-n2cccc2CN2CCN(c3cnn(-c4ccccc4)c(=O)c3OCCC3CCCCC3)CC2)cc1. The maximum Gasteiger partial charge on any atom is 0.316 e. The molecule has 1 saturated heterocycles. The van der Waals surface area contributed by atoms with Gasteiger partial charge in [-0.15, -0.1) is 0 Å². The van der Waals surface area contributed by atoms with E-state index in [9.17, 15) is 4.79 Å². The summed E-state index contributed by atoms with van der Waals surface area (Å²) in [5.74, 6) is 1.13. The Morgan fingerprint density at radius 1 is 0.854 bits per heavy atom. The maximum absolute atomic E-state index is 13.7. The van der Waals surface area contributed by atoms with Crippen molar-refractivity contribution in [1.82, 2.24) is 19.2 Å². The van der Waals surface area contributed by atoms with E-state index in [1.54, 1.807) is 0 Å². The van der Waals surface area contributed by atoms with Crippen LogP contribution in [0.25, 0.3) is 11.4 Å². The lowest BCUT2D eigenvalue weighted by molar-refractivity contribution is 0.236. The van der Waals surface area contributed by atoms with Crippen molar-refractivity contribution >= 4 is 5.69 Å². The molecule has 0 unspecified atom stereocenters. The van der Waals surface area contributed by atoms with Crippen LogP contribution in [-0.4, -0.2) is 52.0 Å². The Kier molecular flexibility index (Phi) is 8.52. The molecule has 214 valence electrons. The van der Waals surface area contributed by atoms with E-state index in [4.69, 9.17) is 4.74 Å². The second-order valence-electron chi connectivity index (χ2n) is 11.5. The van der Waals surface area contributed by atoms with Crippen LogP contribution in [0.4, 0.5) is 5.69 Å². The van der Waals surface area contributed by atoms with E-state index in [-0.39, 0.29) is 5.56 Å². The lowest BCUT2D eigenvalue weighted by atomic mass is 9.87. The second kappa shape index (κ2) is 12.8. The third-order valence-electron chi connectivity index (χ3n) is 8.66. The Bertz CT molecular complexity index is 1460. The van der Waals surface area contributed by atoms with Gasteiger partial charge in [-0.3, -0.25) is 9.69 Å². The molecule has 2 aromatic carbocycles. The van der Waals surface area contributed by atoms with Crippen LogP contribution in [0, 0.1) is 12.8 Å². The number of hydrogen-bond acceptors (Lipinski definition) is 5. The molecule has 1 aliphatic heterocycles. The van der Waals surface area contributed by atoms with Crippen molar-refractivity contribution < 1.29 is 4.74 Å². The van der Waals surface area contributed by atoms with E-state index in [2.05, 4.69) is 69.0 Å². The van der Waals surface area contributed by atoms with Crippen molar-refractivity contribution in [2.24, 2.45) is 5.92 Å². The average Bonchev–Trinajstić information content (AvgIpc) is 3.48. The molecule has 0 N–H and O–H groups in total. The van der Waals surface area contributed by atoms with Crippen LogP contribution in [0.3, 0.4) is 0 Å². The second-order valence-corrected chi connectivity index (χ2v) is 11.5. The van der Waals surface area contributed by atoms with Crippen LogP contribution in [0.1, 0.15) is 49.8 Å². The number of rotatable bonds is 9. The predicted octanol–water partition coefficient (Wildman–Crippen LogP) is 6.00. The van der Waals surface area contributed by atoms with Gasteiger partial charge in [-0.2, -0.15) is 9.78 Å². The highest BCUT2D eigenvalue weighted by molar-refractivity contribution is 5.57. The molecule has 0 bridgehead atoms. The first-order valence-corrected chi connectivity index (χ1v) is 15.2. The van der Waals surface area contributed by atoms with Crippen LogP contribution in [0.2, 0.25) is 0 Å². The van der Waals surface area contributed by atoms with Crippen LogP contribution in [0.5, 0.6) is 5.75 Å². The van der Waals surface area contributed by atoms with E-state index in [1.807, 2.05) is 36.5 Å². The number of piperazine rings is 1. The summed E-state index contributed by atoms with van der Waals surface area (Å²) in [4.78, 5) is 18.5. The fraction of sp³-hybridized carbons (Fsp3) is 0.412. The summed E-state index contributed by atoms with van der Waals surface area (Å²) in [6.07, 6.45) is 11.5. The summed E-state index contributed by atoms with van der Waals surface area (Å²) < 4.78 is 10.1. The normalized spacial score (nSPS) is 16.7. The van der Waals surface area contributed by atoms with Gasteiger partial charge in [0, 0.05) is 50.3 Å². The monoisotopic (exact) mass is 551 g/mol. The summed E-state index contributed by atoms with van der Waals surface area (Å²) in [6.45, 7) is 7.02. The first-order chi connectivity index (χ1) is 20.2. The minimum absolute atomic E-state index is 0.185. The summed E-state index contributed by atoms with van der Waals surface area (Å²) in [5, 5.41) is 4.58. The number of aryl methyl sites for hydroxylation is 1. The molecule has 1 aliphatic carbocycles. The van der Waals surface area contributed by atoms with Crippen LogP contribution >= 0.6 is 0 Å². The lowest BCUT2D eigenvalue weighted by Gasteiger charge is -2.36. The standard InChI is InChI=1S/C34H41N5O2/c1-27-14-16-29(17-15-27)38-19-8-13-31(38)26-36-20-22-37(23-21-36)32-25-35-39(30-11-6-3-7-12-30)34(40)33(32)41-24-18-28-9-4-2-5-10-28/h3,6-8,11-17,19,25,28H,2,4-5,9-10,18,20-24,26H2,1H3. The van der Waals surface area contributed by atoms with E-state index < -0.39 is 0 Å². The van der Waals surface area contributed by atoms with Gasteiger partial charge in [-0.05, 0) is 55.7 Å². The molecule has 0 radical (unpaired) electrons. The molecule has 2 aliphatic rings. The summed E-state index contributed by atoms with van der Waals surface area (Å²) >= 11 is 0. The van der Waals surface area contributed by atoms with Gasteiger partial charge in [-0.25, -0.2) is 0 Å². The number of ether oxygens (including phenoxy) is 1. The van der Waals surface area contributed by atoms with Crippen molar-refractivity contribution in [3.63, 3.8) is 0 Å². The molecule has 0 amide bonds. The third-order valence-corrected chi connectivity index (χ3v) is 8.66. The summed E-state index contributed by atoms with van der Waals surface area (Å²) in [7, 11) is 0. The lowest BCUT2D eigenvalue weighted by Crippen LogP contribution is -2.46. The molecular weight excluding hydrogens is 510 g/mol. The molecule has 7 heteroatoms. The van der Waals surface area contributed by atoms with Gasteiger partial charge in [0.15, 0.2) is 0 Å². The van der Waals surface area contributed by atoms with E-state index in [0.717, 1.165) is 50.5 Å². The van der Waals surface area contributed by atoms with Crippen molar-refractivity contribution in [1.29, 1.82) is 0 Å². The molecule has 2 fully saturated rings. The van der Waals surface area contributed by atoms with Gasteiger partial charge in [0.25, 0.3) is 0 Å². The molecular formula is C34H41N5O2. The number of nitrogens with zero attached hydrogens (tertiary/aromatic N) is 5. The van der Waals surface area contributed by atoms with E-state index in [1.165, 1.54) is 53.7 Å². The fourth-order valence-electron chi connectivity index (χ4n) is 6.23. The fourth-order valence-corrected chi connectivity index (χ4v) is 6.23. The minimum Gasteiger partial charge on any atom is -0.486 e. The van der Waals surface area contributed by atoms with Crippen LogP contribution < -0.4 is 15.2 Å². The Balaban J connectivity index is 1.16. The maximum atomic E-state index is 13.7. The highest BCUT2D eigenvalue weighted by atomic mass is 16.5. The smallest absolute Gasteiger partial charge is 0.316 e. The van der Waals surface area contributed by atoms with Crippen molar-refractivity contribution in [3.8, 4) is 17.1 Å². The van der Waals surface area contributed by atoms with Crippen LogP contribution in [0.15, 0.2) is 83.9 Å². The van der Waals surface area contributed by atoms with E-state index >= 15 is 0 Å². The molecule has 4 aromatic rings. The Morgan fingerprint density at radius 2 is 1.61 bits per heavy atom. The first-order valence-electron chi connectivity index (χ1n) is 15.2. The molecule has 6 rings (SSSR count). The van der Waals surface area contributed by atoms with Crippen molar-refractivity contribution in [3.05, 3.63) is 101 Å². The Morgan fingerprint density at radius 3 is 2.37 bits per heavy atom. The summed E-state index contributed by atoms with van der Waals surface area (Å²) in [5.41, 5.74) is 5.11. The van der Waals surface area contributed by atoms with Gasteiger partial charge in [-0.1, -0.05) is 68.0 Å². The molecule has 1 saturated carbocycles. The minimum atomic E-state index is -0.185. The number of anilines is 1. The number of hydrogen-bond donors (Lipinski definition) is 0. The molecule has 2 aromatic heterocycles. The molecule has 7 nitrogen and oxygen atoms in total. The van der Waals surface area contributed by atoms with Gasteiger partial charge in [0.2, 0.25) is 5.75 Å².